The van der Waals surface area contributed by atoms with Gasteiger partial charge in [0.15, 0.2) is 0 Å². The zero-order valence-electron chi connectivity index (χ0n) is 12.0. The Morgan fingerprint density at radius 3 is 2.61 bits per heavy atom. The van der Waals surface area contributed by atoms with Gasteiger partial charge in [0.05, 0.1) is 0 Å². The Morgan fingerprint density at radius 2 is 2.06 bits per heavy atom. The molecule has 1 rings (SSSR count). The fourth-order valence-electron chi connectivity index (χ4n) is 1.75. The van der Waals surface area contributed by atoms with Gasteiger partial charge in [-0.3, -0.25) is 0 Å². The Balaban J connectivity index is 2.89. The molecule has 1 N–H and O–H groups in total. The van der Waals surface area contributed by atoms with Gasteiger partial charge in [-0.25, -0.2) is 4.98 Å². The largest absolute Gasteiger partial charge is 0.359 e. The third-order valence-electron chi connectivity index (χ3n) is 2.64. The van der Waals surface area contributed by atoms with Crippen molar-refractivity contribution in [3.05, 3.63) is 22.3 Å². The van der Waals surface area contributed by atoms with E-state index in [2.05, 4.69) is 71.9 Å². The van der Waals surface area contributed by atoms with Gasteiger partial charge in [-0.05, 0) is 49.2 Å². The van der Waals surface area contributed by atoms with Crippen molar-refractivity contribution in [2.24, 2.45) is 0 Å². The highest BCUT2D eigenvalue weighted by Gasteiger charge is 2.13. The minimum Gasteiger partial charge on any atom is -0.359 e. The molecular weight excluding hydrogens is 290 g/mol. The van der Waals surface area contributed by atoms with Gasteiger partial charge in [0.1, 0.15) is 5.82 Å². The Labute approximate surface area is 119 Å². The quantitative estimate of drug-likeness (QED) is 0.900. The lowest BCUT2D eigenvalue weighted by atomic mass is 10.1. The van der Waals surface area contributed by atoms with Crippen LogP contribution in [-0.2, 0) is 6.54 Å². The minimum atomic E-state index is 0.114. The highest BCUT2D eigenvalue weighted by atomic mass is 79.9. The molecule has 0 aliphatic carbocycles. The average Bonchev–Trinajstić information content (AvgIpc) is 2.25. The van der Waals surface area contributed by atoms with E-state index in [1.807, 2.05) is 6.20 Å². The molecule has 102 valence electrons. The molecule has 0 aliphatic rings. The molecule has 0 aliphatic heterocycles. The molecule has 1 heterocycles. The van der Waals surface area contributed by atoms with Crippen molar-refractivity contribution in [3.8, 4) is 0 Å². The van der Waals surface area contributed by atoms with Crippen LogP contribution in [0.2, 0.25) is 0 Å². The molecule has 0 fully saturated rings. The van der Waals surface area contributed by atoms with Gasteiger partial charge in [0, 0.05) is 41.9 Å². The number of pyridine rings is 1. The van der Waals surface area contributed by atoms with E-state index < -0.39 is 0 Å². The van der Waals surface area contributed by atoms with Crippen LogP contribution in [0.5, 0.6) is 0 Å². The molecule has 0 amide bonds. The zero-order valence-corrected chi connectivity index (χ0v) is 13.6. The van der Waals surface area contributed by atoms with E-state index in [-0.39, 0.29) is 5.54 Å². The first-order valence-electron chi connectivity index (χ1n) is 6.44. The van der Waals surface area contributed by atoms with Crippen LogP contribution < -0.4 is 10.2 Å². The number of halogens is 1. The van der Waals surface area contributed by atoms with Crippen molar-refractivity contribution in [2.45, 2.75) is 46.2 Å². The smallest absolute Gasteiger partial charge is 0.132 e. The molecule has 1 aromatic rings. The van der Waals surface area contributed by atoms with E-state index in [9.17, 15) is 0 Å². The van der Waals surface area contributed by atoms with Crippen LogP contribution >= 0.6 is 15.9 Å². The molecule has 4 heteroatoms. The number of hydrogen-bond acceptors (Lipinski definition) is 3. The maximum absolute atomic E-state index is 4.54. The van der Waals surface area contributed by atoms with Crippen LogP contribution in [-0.4, -0.2) is 24.1 Å². The molecule has 0 unspecified atom stereocenters. The minimum absolute atomic E-state index is 0.114. The number of anilines is 1. The predicted octanol–water partition coefficient (Wildman–Crippen LogP) is 3.58. The average molecular weight is 314 g/mol. The Morgan fingerprint density at radius 1 is 1.39 bits per heavy atom. The van der Waals surface area contributed by atoms with E-state index >= 15 is 0 Å². The van der Waals surface area contributed by atoms with E-state index in [1.165, 1.54) is 5.56 Å². The molecule has 0 saturated heterocycles. The Bertz CT molecular complexity index is 385. The van der Waals surface area contributed by atoms with Gasteiger partial charge in [0.25, 0.3) is 0 Å². The summed E-state index contributed by atoms with van der Waals surface area (Å²) in [7, 11) is 2.10. The van der Waals surface area contributed by atoms with Crippen LogP contribution in [0.15, 0.2) is 16.7 Å². The number of aromatic nitrogens is 1. The van der Waals surface area contributed by atoms with Crippen molar-refractivity contribution in [1.82, 2.24) is 10.3 Å². The Hall–Kier alpha value is -0.610. The van der Waals surface area contributed by atoms with Crippen LogP contribution in [0.4, 0.5) is 5.82 Å². The molecule has 0 bridgehead atoms. The summed E-state index contributed by atoms with van der Waals surface area (Å²) in [6.07, 6.45) is 2.99. The van der Waals surface area contributed by atoms with Gasteiger partial charge in [-0.15, -0.1) is 0 Å². The van der Waals surface area contributed by atoms with Crippen molar-refractivity contribution in [1.29, 1.82) is 0 Å². The number of hydrogen-bond donors (Lipinski definition) is 1. The van der Waals surface area contributed by atoms with E-state index in [1.54, 1.807) is 0 Å². The fraction of sp³-hybridized carbons (Fsp3) is 0.643. The van der Waals surface area contributed by atoms with Crippen LogP contribution in [0.1, 0.15) is 39.7 Å². The number of nitrogens with one attached hydrogen (secondary N) is 1. The van der Waals surface area contributed by atoms with E-state index in [0.29, 0.717) is 0 Å². The van der Waals surface area contributed by atoms with Crippen LogP contribution in [0, 0.1) is 0 Å². The lowest BCUT2D eigenvalue weighted by Crippen LogP contribution is -2.35. The molecule has 0 aromatic carbocycles. The maximum atomic E-state index is 4.54. The number of rotatable bonds is 5. The van der Waals surface area contributed by atoms with Gasteiger partial charge in [-0.1, -0.05) is 6.92 Å². The predicted molar refractivity (Wildman–Crippen MR) is 82.1 cm³/mol. The first kappa shape index (κ1) is 15.4. The molecule has 0 radical (unpaired) electrons. The highest BCUT2D eigenvalue weighted by Crippen LogP contribution is 2.21. The standard InChI is InChI=1S/C14H24BrN3/c1-6-7-18(5)13-11(8-12(15)10-16-13)9-17-14(2,3)4/h8,10,17H,6-7,9H2,1-5H3. The normalized spacial score (nSPS) is 11.7. The second-order valence-electron chi connectivity index (χ2n) is 5.66. The van der Waals surface area contributed by atoms with Crippen molar-refractivity contribution >= 4 is 21.7 Å². The summed E-state index contributed by atoms with van der Waals surface area (Å²) in [4.78, 5) is 6.75. The molecule has 0 spiro atoms. The third-order valence-corrected chi connectivity index (χ3v) is 3.07. The molecule has 0 saturated carbocycles. The second kappa shape index (κ2) is 6.53. The van der Waals surface area contributed by atoms with Crippen molar-refractivity contribution in [3.63, 3.8) is 0 Å². The summed E-state index contributed by atoms with van der Waals surface area (Å²) < 4.78 is 1.03. The SMILES string of the molecule is CCCN(C)c1ncc(Br)cc1CNC(C)(C)C. The second-order valence-corrected chi connectivity index (χ2v) is 6.58. The molecule has 3 nitrogen and oxygen atoms in total. The topological polar surface area (TPSA) is 28.2 Å². The summed E-state index contributed by atoms with van der Waals surface area (Å²) in [5.41, 5.74) is 1.35. The molecule has 1 aromatic heterocycles. The van der Waals surface area contributed by atoms with Gasteiger partial charge in [-0.2, -0.15) is 0 Å². The van der Waals surface area contributed by atoms with Gasteiger partial charge in [0.2, 0.25) is 0 Å². The monoisotopic (exact) mass is 313 g/mol. The summed E-state index contributed by atoms with van der Waals surface area (Å²) in [6, 6.07) is 2.15. The molecule has 18 heavy (non-hydrogen) atoms. The Kier molecular flexibility index (Phi) is 5.60. The maximum Gasteiger partial charge on any atom is 0.132 e. The van der Waals surface area contributed by atoms with Gasteiger partial charge >= 0.3 is 0 Å². The van der Waals surface area contributed by atoms with Crippen molar-refractivity contribution in [2.75, 3.05) is 18.5 Å². The number of nitrogens with zero attached hydrogens (tertiary/aromatic N) is 2. The van der Waals surface area contributed by atoms with Crippen LogP contribution in [0.25, 0.3) is 0 Å². The lowest BCUT2D eigenvalue weighted by Gasteiger charge is -2.24. The molecule has 0 atom stereocenters. The van der Waals surface area contributed by atoms with E-state index in [0.717, 1.165) is 29.8 Å². The summed E-state index contributed by atoms with van der Waals surface area (Å²) in [5.74, 6) is 1.07. The fourth-order valence-corrected chi connectivity index (χ4v) is 2.13. The first-order chi connectivity index (χ1) is 8.33. The zero-order chi connectivity index (χ0) is 13.8. The molecular formula is C14H24BrN3. The lowest BCUT2D eigenvalue weighted by molar-refractivity contribution is 0.424. The van der Waals surface area contributed by atoms with Gasteiger partial charge < -0.3 is 10.2 Å². The highest BCUT2D eigenvalue weighted by molar-refractivity contribution is 9.10. The van der Waals surface area contributed by atoms with Crippen molar-refractivity contribution < 1.29 is 0 Å². The summed E-state index contributed by atoms with van der Waals surface area (Å²) in [5, 5.41) is 3.52. The first-order valence-corrected chi connectivity index (χ1v) is 7.23. The van der Waals surface area contributed by atoms with Crippen LogP contribution in [0.3, 0.4) is 0 Å². The third kappa shape index (κ3) is 4.94. The summed E-state index contributed by atoms with van der Waals surface area (Å²) in [6.45, 7) is 10.6. The van der Waals surface area contributed by atoms with E-state index in [4.69, 9.17) is 0 Å². The summed E-state index contributed by atoms with van der Waals surface area (Å²) >= 11 is 3.50.